The van der Waals surface area contributed by atoms with Crippen LogP contribution < -0.4 is 0 Å². The summed E-state index contributed by atoms with van der Waals surface area (Å²) in [5.74, 6) is -1.23. The van der Waals surface area contributed by atoms with E-state index >= 15 is 0 Å². The molecule has 6 heteroatoms. The van der Waals surface area contributed by atoms with Crippen LogP contribution in [0.15, 0.2) is 0 Å². The van der Waals surface area contributed by atoms with Gasteiger partial charge in [0.25, 0.3) is 0 Å². The van der Waals surface area contributed by atoms with Crippen molar-refractivity contribution >= 4 is 17.7 Å². The van der Waals surface area contributed by atoms with Gasteiger partial charge in [0.15, 0.2) is 5.41 Å². The highest BCUT2D eigenvalue weighted by Crippen LogP contribution is 2.62. The fourth-order valence-corrected chi connectivity index (χ4v) is 5.07. The van der Waals surface area contributed by atoms with Crippen molar-refractivity contribution in [3.8, 4) is 0 Å². The predicted molar refractivity (Wildman–Crippen MR) is 79.4 cm³/mol. The van der Waals surface area contributed by atoms with Gasteiger partial charge in [-0.05, 0) is 24.7 Å². The monoisotopic (exact) mass is 324 g/mol. The van der Waals surface area contributed by atoms with Crippen LogP contribution in [0.3, 0.4) is 0 Å². The number of ketones is 1. The summed E-state index contributed by atoms with van der Waals surface area (Å²) in [6.07, 6.45) is 1.62. The Morgan fingerprint density at radius 1 is 1.17 bits per heavy atom. The van der Waals surface area contributed by atoms with Crippen LogP contribution in [0.5, 0.6) is 0 Å². The van der Waals surface area contributed by atoms with Gasteiger partial charge in [0, 0.05) is 12.8 Å². The average Bonchev–Trinajstić information content (AvgIpc) is 2.95. The minimum Gasteiger partial charge on any atom is -0.468 e. The van der Waals surface area contributed by atoms with Crippen LogP contribution in [0.4, 0.5) is 0 Å². The largest absolute Gasteiger partial charge is 0.468 e. The van der Waals surface area contributed by atoms with E-state index in [0.717, 1.165) is 0 Å². The van der Waals surface area contributed by atoms with Crippen LogP contribution in [-0.4, -0.2) is 44.1 Å². The Morgan fingerprint density at radius 3 is 2.26 bits per heavy atom. The quantitative estimate of drug-likeness (QED) is 0.567. The first-order valence-electron chi connectivity index (χ1n) is 8.07. The molecule has 1 aliphatic carbocycles. The van der Waals surface area contributed by atoms with E-state index in [1.54, 1.807) is 0 Å². The Labute approximate surface area is 135 Å². The molecule has 3 fully saturated rings. The zero-order chi connectivity index (χ0) is 17.0. The van der Waals surface area contributed by atoms with Gasteiger partial charge in [-0.25, -0.2) is 0 Å². The van der Waals surface area contributed by atoms with Crippen LogP contribution >= 0.6 is 0 Å². The molecule has 1 saturated carbocycles. The van der Waals surface area contributed by atoms with Gasteiger partial charge in [0.2, 0.25) is 0 Å². The number of hydrogen-bond donors (Lipinski definition) is 0. The zero-order valence-electron chi connectivity index (χ0n) is 14.1. The molecular formula is C17H24O6. The Hall–Kier alpha value is -1.43. The van der Waals surface area contributed by atoms with Crippen molar-refractivity contribution in [1.29, 1.82) is 0 Å². The number of Topliss-reactive ketones (excluding diaryl/α,β-unsaturated/α-hetero) is 1. The maximum atomic E-state index is 12.9. The first kappa shape index (κ1) is 16.4. The highest BCUT2D eigenvalue weighted by Gasteiger charge is 2.72. The summed E-state index contributed by atoms with van der Waals surface area (Å²) in [7, 11) is 2.50. The summed E-state index contributed by atoms with van der Waals surface area (Å²) in [6, 6.07) is 0. The number of hydrogen-bond acceptors (Lipinski definition) is 6. The van der Waals surface area contributed by atoms with Crippen molar-refractivity contribution in [2.45, 2.75) is 58.2 Å². The number of carbonyl (C=O) groups is 3. The molecule has 3 atom stereocenters. The van der Waals surface area contributed by atoms with Crippen LogP contribution in [0.2, 0.25) is 0 Å². The summed E-state index contributed by atoms with van der Waals surface area (Å²) in [5.41, 5.74) is -2.48. The number of fused-ring (bicyclic) bond motifs is 3. The molecule has 6 nitrogen and oxygen atoms in total. The lowest BCUT2D eigenvalue weighted by molar-refractivity contribution is -0.184. The number of ether oxygens (including phenoxy) is 3. The molecular weight excluding hydrogens is 300 g/mol. The van der Waals surface area contributed by atoms with Gasteiger partial charge >= 0.3 is 11.9 Å². The third-order valence-electron chi connectivity index (χ3n) is 5.83. The van der Waals surface area contributed by atoms with Crippen molar-refractivity contribution in [2.24, 2.45) is 16.2 Å². The summed E-state index contributed by atoms with van der Waals surface area (Å²) in [6.45, 7) is 4.08. The number of carbonyl (C=O) groups excluding carboxylic acids is 3. The van der Waals surface area contributed by atoms with Gasteiger partial charge in [0.05, 0.1) is 31.8 Å². The highest BCUT2D eigenvalue weighted by atomic mass is 16.6. The average molecular weight is 324 g/mol. The van der Waals surface area contributed by atoms with Crippen LogP contribution in [0, 0.1) is 16.2 Å². The van der Waals surface area contributed by atoms with Crippen molar-refractivity contribution in [1.82, 2.24) is 0 Å². The summed E-state index contributed by atoms with van der Waals surface area (Å²) < 4.78 is 15.9. The van der Waals surface area contributed by atoms with E-state index in [1.807, 2.05) is 13.8 Å². The molecule has 0 radical (unpaired) electrons. The fraction of sp³-hybridized carbons (Fsp3) is 0.824. The molecule has 3 rings (SSSR count). The fourth-order valence-electron chi connectivity index (χ4n) is 5.07. The molecule has 0 aromatic carbocycles. The molecule has 2 heterocycles. The van der Waals surface area contributed by atoms with Gasteiger partial charge in [0.1, 0.15) is 5.78 Å². The highest BCUT2D eigenvalue weighted by molar-refractivity contribution is 6.03. The standard InChI is InChI=1S/C17H24O6/c1-15(2)8-11(18)16(9-15)6-5-10-7-17(12(16)23-10,13(19)21-3)14(20)22-4/h10,12H,5-9H2,1-4H3/t10-,12+,16-/m0/s1. The van der Waals surface area contributed by atoms with Crippen molar-refractivity contribution < 1.29 is 28.6 Å². The third-order valence-corrected chi connectivity index (χ3v) is 5.83. The molecule has 2 bridgehead atoms. The van der Waals surface area contributed by atoms with Gasteiger partial charge in [-0.3, -0.25) is 14.4 Å². The summed E-state index contributed by atoms with van der Waals surface area (Å²) >= 11 is 0. The Balaban J connectivity index is 2.12. The van der Waals surface area contributed by atoms with Crippen LogP contribution in [-0.2, 0) is 28.6 Å². The molecule has 1 spiro atoms. The smallest absolute Gasteiger partial charge is 0.326 e. The summed E-state index contributed by atoms with van der Waals surface area (Å²) in [5, 5.41) is 0. The lowest BCUT2D eigenvalue weighted by atomic mass is 9.65. The SMILES string of the molecule is COC(=O)C1(C(=O)OC)C[C@@H]2CC[C@@]3(CC(C)(C)CC3=O)[C@H]1O2. The second kappa shape index (κ2) is 5.03. The molecule has 0 N–H and O–H groups in total. The molecule has 128 valence electrons. The van der Waals surface area contributed by atoms with Gasteiger partial charge < -0.3 is 14.2 Å². The van der Waals surface area contributed by atoms with E-state index < -0.39 is 28.9 Å². The number of methoxy groups -OCH3 is 2. The number of esters is 2. The minimum atomic E-state index is -1.53. The molecule has 0 aromatic rings. The molecule has 23 heavy (non-hydrogen) atoms. The Kier molecular flexibility index (Phi) is 3.59. The minimum absolute atomic E-state index is 0.0880. The third kappa shape index (κ3) is 2.07. The topological polar surface area (TPSA) is 78.9 Å². The lowest BCUT2D eigenvalue weighted by Gasteiger charge is -2.42. The summed E-state index contributed by atoms with van der Waals surface area (Å²) in [4.78, 5) is 38.0. The van der Waals surface area contributed by atoms with E-state index in [2.05, 4.69) is 0 Å². The van der Waals surface area contributed by atoms with Crippen molar-refractivity contribution in [3.05, 3.63) is 0 Å². The first-order valence-corrected chi connectivity index (χ1v) is 8.07. The molecule has 0 amide bonds. The normalized spacial score (nSPS) is 37.0. The molecule has 2 saturated heterocycles. The van der Waals surface area contributed by atoms with Crippen LogP contribution in [0.25, 0.3) is 0 Å². The van der Waals surface area contributed by atoms with Crippen molar-refractivity contribution in [2.75, 3.05) is 14.2 Å². The Bertz CT molecular complexity index is 549. The predicted octanol–water partition coefficient (Wildman–Crippen LogP) is 1.65. The zero-order valence-corrected chi connectivity index (χ0v) is 14.1. The van der Waals surface area contributed by atoms with E-state index in [-0.39, 0.29) is 23.7 Å². The Morgan fingerprint density at radius 2 is 1.78 bits per heavy atom. The maximum absolute atomic E-state index is 12.9. The molecule has 0 unspecified atom stereocenters. The second-order valence-electron chi connectivity index (χ2n) is 7.93. The first-order chi connectivity index (χ1) is 10.7. The van der Waals surface area contributed by atoms with Gasteiger partial charge in [-0.2, -0.15) is 0 Å². The van der Waals surface area contributed by atoms with E-state index in [0.29, 0.717) is 25.7 Å². The van der Waals surface area contributed by atoms with E-state index in [9.17, 15) is 14.4 Å². The van der Waals surface area contributed by atoms with Gasteiger partial charge in [-0.15, -0.1) is 0 Å². The molecule has 0 aromatic heterocycles. The molecule has 2 aliphatic heterocycles. The lowest BCUT2D eigenvalue weighted by Crippen LogP contribution is -2.56. The molecule has 3 aliphatic rings. The second-order valence-corrected chi connectivity index (χ2v) is 7.93. The van der Waals surface area contributed by atoms with Crippen molar-refractivity contribution in [3.63, 3.8) is 0 Å². The van der Waals surface area contributed by atoms with E-state index in [1.165, 1.54) is 14.2 Å². The van der Waals surface area contributed by atoms with Crippen LogP contribution in [0.1, 0.15) is 46.0 Å². The van der Waals surface area contributed by atoms with Gasteiger partial charge in [-0.1, -0.05) is 13.8 Å². The maximum Gasteiger partial charge on any atom is 0.326 e. The number of rotatable bonds is 2. The van der Waals surface area contributed by atoms with E-state index in [4.69, 9.17) is 14.2 Å².